The number of amides is 1. The first-order chi connectivity index (χ1) is 8.04. The normalized spacial score (nSPS) is 12.3. The average molecular weight is 350 g/mol. The summed E-state index contributed by atoms with van der Waals surface area (Å²) in [6.07, 6.45) is 0. The maximum atomic E-state index is 12.7. The molecule has 1 N–H and O–H groups in total. The highest BCUT2D eigenvalue weighted by Crippen LogP contribution is 2.23. The predicted molar refractivity (Wildman–Crippen MR) is 56.5 cm³/mol. The molecular formula is C8H4BrF4NO3S. The summed E-state index contributed by atoms with van der Waals surface area (Å²) < 4.78 is 70.7. The summed E-state index contributed by atoms with van der Waals surface area (Å²) in [6, 6.07) is 2.47. The minimum atomic E-state index is -5.79. The van der Waals surface area contributed by atoms with Crippen molar-refractivity contribution in [3.05, 3.63) is 34.1 Å². The molecule has 4 nitrogen and oxygen atoms in total. The molecule has 0 aromatic heterocycles. The van der Waals surface area contributed by atoms with Gasteiger partial charge in [0.25, 0.3) is 5.91 Å². The average Bonchev–Trinajstić information content (AvgIpc) is 2.14. The van der Waals surface area contributed by atoms with E-state index in [-0.39, 0.29) is 4.47 Å². The third-order valence-electron chi connectivity index (χ3n) is 1.71. The van der Waals surface area contributed by atoms with Gasteiger partial charge in [0.15, 0.2) is 0 Å². The van der Waals surface area contributed by atoms with E-state index in [0.717, 1.165) is 22.9 Å². The zero-order valence-corrected chi connectivity index (χ0v) is 10.7. The van der Waals surface area contributed by atoms with Crippen LogP contribution >= 0.6 is 15.9 Å². The number of rotatable bonds is 2. The van der Waals surface area contributed by atoms with Crippen molar-refractivity contribution in [2.24, 2.45) is 0 Å². The molecule has 0 radical (unpaired) electrons. The number of nitrogens with one attached hydrogen (secondary N) is 1. The van der Waals surface area contributed by atoms with Crippen molar-refractivity contribution in [1.29, 1.82) is 0 Å². The van der Waals surface area contributed by atoms with Crippen molar-refractivity contribution in [3.63, 3.8) is 0 Å². The van der Waals surface area contributed by atoms with E-state index in [9.17, 15) is 30.8 Å². The molecule has 0 spiro atoms. The second kappa shape index (κ2) is 4.84. The number of benzene rings is 1. The van der Waals surface area contributed by atoms with Gasteiger partial charge >= 0.3 is 15.5 Å². The molecule has 1 rings (SSSR count). The van der Waals surface area contributed by atoms with Crippen LogP contribution in [-0.4, -0.2) is 19.8 Å². The van der Waals surface area contributed by atoms with Crippen LogP contribution in [0.5, 0.6) is 0 Å². The Morgan fingerprint density at radius 1 is 1.28 bits per heavy atom. The lowest BCUT2D eigenvalue weighted by Crippen LogP contribution is -2.40. The number of halogens is 5. The van der Waals surface area contributed by atoms with Crippen molar-refractivity contribution >= 4 is 31.9 Å². The Morgan fingerprint density at radius 3 is 2.28 bits per heavy atom. The smallest absolute Gasteiger partial charge is 0.268 e. The van der Waals surface area contributed by atoms with Gasteiger partial charge in [0.1, 0.15) is 5.82 Å². The highest BCUT2D eigenvalue weighted by atomic mass is 79.9. The molecule has 0 saturated carbocycles. The summed E-state index contributed by atoms with van der Waals surface area (Å²) in [4.78, 5) is 11.3. The topological polar surface area (TPSA) is 63.2 Å². The molecule has 0 saturated heterocycles. The molecule has 100 valence electrons. The number of hydrogen-bond donors (Lipinski definition) is 1. The lowest BCUT2D eigenvalue weighted by Gasteiger charge is -2.10. The van der Waals surface area contributed by atoms with Crippen LogP contribution < -0.4 is 4.72 Å². The Kier molecular flexibility index (Phi) is 4.01. The van der Waals surface area contributed by atoms with E-state index in [4.69, 9.17) is 0 Å². The van der Waals surface area contributed by atoms with Crippen molar-refractivity contribution in [3.8, 4) is 0 Å². The van der Waals surface area contributed by atoms with Gasteiger partial charge in [-0.1, -0.05) is 0 Å². The first-order valence-corrected chi connectivity index (χ1v) is 6.40. The van der Waals surface area contributed by atoms with Crippen LogP contribution in [0.25, 0.3) is 0 Å². The third kappa shape index (κ3) is 3.19. The summed E-state index contributed by atoms with van der Waals surface area (Å²) in [5.74, 6) is -2.25. The van der Waals surface area contributed by atoms with Gasteiger partial charge in [0.2, 0.25) is 0 Å². The predicted octanol–water partition coefficient (Wildman–Crippen LogP) is 2.17. The van der Waals surface area contributed by atoms with Gasteiger partial charge in [-0.15, -0.1) is 0 Å². The molecule has 0 fully saturated rings. The molecule has 0 heterocycles. The van der Waals surface area contributed by atoms with E-state index in [1.165, 1.54) is 0 Å². The van der Waals surface area contributed by atoms with E-state index in [2.05, 4.69) is 15.9 Å². The van der Waals surface area contributed by atoms with Gasteiger partial charge < -0.3 is 0 Å². The monoisotopic (exact) mass is 349 g/mol. The molecule has 18 heavy (non-hydrogen) atoms. The molecule has 0 bridgehead atoms. The third-order valence-corrected chi connectivity index (χ3v) is 3.43. The largest absolute Gasteiger partial charge is 0.516 e. The zero-order chi connectivity index (χ0) is 14.1. The van der Waals surface area contributed by atoms with Crippen LogP contribution in [0, 0.1) is 5.82 Å². The van der Waals surface area contributed by atoms with Crippen LogP contribution in [0.3, 0.4) is 0 Å². The number of carbonyl (C=O) groups is 1. The van der Waals surface area contributed by atoms with Crippen LogP contribution in [0.4, 0.5) is 17.6 Å². The van der Waals surface area contributed by atoms with Gasteiger partial charge in [0.05, 0.1) is 5.56 Å². The van der Waals surface area contributed by atoms with Gasteiger partial charge in [-0.25, -0.2) is 9.11 Å². The minimum Gasteiger partial charge on any atom is -0.268 e. The molecule has 1 amide bonds. The summed E-state index contributed by atoms with van der Waals surface area (Å²) in [5.41, 5.74) is -6.04. The number of hydrogen-bond acceptors (Lipinski definition) is 3. The number of alkyl halides is 3. The van der Waals surface area contributed by atoms with Crippen LogP contribution in [0.2, 0.25) is 0 Å². The Balaban J connectivity index is 3.04. The van der Waals surface area contributed by atoms with E-state index >= 15 is 0 Å². The highest BCUT2D eigenvalue weighted by Gasteiger charge is 2.47. The van der Waals surface area contributed by atoms with Crippen LogP contribution in [-0.2, 0) is 10.0 Å². The SMILES string of the molecule is O=C(NS(=O)(=O)C(F)(F)F)c1ccc(F)cc1Br. The van der Waals surface area contributed by atoms with E-state index in [1.807, 2.05) is 0 Å². The molecular weight excluding hydrogens is 346 g/mol. The lowest BCUT2D eigenvalue weighted by atomic mass is 10.2. The first-order valence-electron chi connectivity index (χ1n) is 4.13. The zero-order valence-electron chi connectivity index (χ0n) is 8.25. The van der Waals surface area contributed by atoms with Gasteiger partial charge in [-0.2, -0.15) is 21.6 Å². The van der Waals surface area contributed by atoms with E-state index in [1.54, 1.807) is 0 Å². The van der Waals surface area contributed by atoms with Crippen LogP contribution in [0.15, 0.2) is 22.7 Å². The van der Waals surface area contributed by atoms with Gasteiger partial charge in [-0.3, -0.25) is 4.79 Å². The Bertz CT molecular complexity index is 584. The quantitative estimate of drug-likeness (QED) is 0.832. The molecule has 1 aromatic carbocycles. The van der Waals surface area contributed by atoms with Crippen molar-refractivity contribution in [2.75, 3.05) is 0 Å². The van der Waals surface area contributed by atoms with E-state index in [0.29, 0.717) is 0 Å². The highest BCUT2D eigenvalue weighted by molar-refractivity contribution is 9.10. The number of carbonyl (C=O) groups excluding carboxylic acids is 1. The molecule has 0 atom stereocenters. The van der Waals surface area contributed by atoms with Crippen molar-refractivity contribution < 1.29 is 30.8 Å². The second-order valence-corrected chi connectivity index (χ2v) is 5.53. The van der Waals surface area contributed by atoms with Crippen LogP contribution in [0.1, 0.15) is 10.4 Å². The van der Waals surface area contributed by atoms with Gasteiger partial charge in [0, 0.05) is 4.47 Å². The lowest BCUT2D eigenvalue weighted by molar-refractivity contribution is -0.0446. The standard InChI is InChI=1S/C8H4BrF4NO3S/c9-6-3-4(10)1-2-5(6)7(15)14-18(16,17)8(11,12)13/h1-3H,(H,14,15). The maximum Gasteiger partial charge on any atom is 0.516 e. The second-order valence-electron chi connectivity index (χ2n) is 3.00. The molecule has 0 aliphatic rings. The van der Waals surface area contributed by atoms with Gasteiger partial charge in [-0.05, 0) is 34.1 Å². The maximum absolute atomic E-state index is 12.7. The molecule has 0 aliphatic carbocycles. The minimum absolute atomic E-state index is 0.169. The van der Waals surface area contributed by atoms with E-state index < -0.39 is 32.8 Å². The first kappa shape index (κ1) is 14.9. The summed E-state index contributed by atoms with van der Waals surface area (Å²) in [7, 11) is -5.79. The molecule has 0 aliphatic heterocycles. The fourth-order valence-electron chi connectivity index (χ4n) is 0.909. The summed E-state index contributed by atoms with van der Waals surface area (Å²) in [5, 5.41) is 0. The summed E-state index contributed by atoms with van der Waals surface area (Å²) in [6.45, 7) is 0. The Morgan fingerprint density at radius 2 is 1.83 bits per heavy atom. The fraction of sp³-hybridized carbons (Fsp3) is 0.125. The summed E-state index contributed by atoms with van der Waals surface area (Å²) >= 11 is 2.73. The Hall–Kier alpha value is -1.16. The molecule has 10 heteroatoms. The fourth-order valence-corrected chi connectivity index (χ4v) is 1.91. The molecule has 1 aromatic rings. The Labute approximate surface area is 107 Å². The van der Waals surface area contributed by atoms with Crippen molar-refractivity contribution in [1.82, 2.24) is 4.72 Å². The molecule has 0 unspecified atom stereocenters. The number of sulfonamides is 1. The van der Waals surface area contributed by atoms with Crippen molar-refractivity contribution in [2.45, 2.75) is 5.51 Å².